The minimum atomic E-state index is 0.0863. The molecule has 0 aliphatic carbocycles. The molecule has 0 spiro atoms. The first-order valence-electron chi connectivity index (χ1n) is 6.30. The second-order valence-corrected chi connectivity index (χ2v) is 6.71. The van der Waals surface area contributed by atoms with Gasteiger partial charge in [0.05, 0.1) is 16.8 Å². The molecule has 0 aliphatic rings. The number of hydrogen-bond donors (Lipinski definition) is 0. The van der Waals surface area contributed by atoms with E-state index in [9.17, 15) is 4.79 Å². The van der Waals surface area contributed by atoms with Gasteiger partial charge in [0.15, 0.2) is 0 Å². The highest BCUT2D eigenvalue weighted by atomic mass is 79.9. The van der Waals surface area contributed by atoms with Crippen LogP contribution in [0.15, 0.2) is 45.6 Å². The fourth-order valence-electron chi connectivity index (χ4n) is 1.75. The third-order valence-corrected chi connectivity index (χ3v) is 4.35. The number of nitrogens with zero attached hydrogens (tertiary/aromatic N) is 1. The van der Waals surface area contributed by atoms with Crippen LogP contribution in [0.1, 0.15) is 12.0 Å². The van der Waals surface area contributed by atoms with Gasteiger partial charge in [0.25, 0.3) is 0 Å². The largest absolute Gasteiger partial charge is 0.493 e. The zero-order valence-electron chi connectivity index (χ0n) is 11.2. The van der Waals surface area contributed by atoms with Crippen molar-refractivity contribution >= 4 is 33.2 Å². The Kier molecular flexibility index (Phi) is 5.61. The molecule has 2 aromatic rings. The van der Waals surface area contributed by atoms with Crippen LogP contribution in [0.25, 0.3) is 0 Å². The van der Waals surface area contributed by atoms with Gasteiger partial charge in [0.2, 0.25) is 5.91 Å². The molecular weight excluding hydrogens is 338 g/mol. The van der Waals surface area contributed by atoms with Gasteiger partial charge in [-0.25, -0.2) is 0 Å². The Morgan fingerprint density at radius 3 is 2.75 bits per heavy atom. The molecule has 1 aromatic carbocycles. The lowest BCUT2D eigenvalue weighted by Gasteiger charge is -2.16. The maximum atomic E-state index is 12.0. The molecular formula is C15H16BrNO2S. The molecule has 20 heavy (non-hydrogen) atoms. The van der Waals surface area contributed by atoms with Gasteiger partial charge in [-0.3, -0.25) is 4.79 Å². The normalized spacial score (nSPS) is 10.3. The minimum Gasteiger partial charge on any atom is -0.493 e. The number of halogens is 1. The molecule has 3 nitrogen and oxygen atoms in total. The smallest absolute Gasteiger partial charge is 0.226 e. The van der Waals surface area contributed by atoms with Crippen LogP contribution in [-0.2, 0) is 11.3 Å². The fraction of sp³-hybridized carbons (Fsp3) is 0.267. The topological polar surface area (TPSA) is 29.5 Å². The quantitative estimate of drug-likeness (QED) is 0.787. The van der Waals surface area contributed by atoms with E-state index in [0.29, 0.717) is 19.6 Å². The van der Waals surface area contributed by atoms with E-state index in [-0.39, 0.29) is 5.91 Å². The van der Waals surface area contributed by atoms with Gasteiger partial charge in [-0.15, -0.1) is 11.3 Å². The molecule has 2 rings (SSSR count). The van der Waals surface area contributed by atoms with Crippen molar-refractivity contribution in [3.8, 4) is 5.75 Å². The van der Waals surface area contributed by atoms with E-state index >= 15 is 0 Å². The molecule has 0 radical (unpaired) electrons. The van der Waals surface area contributed by atoms with Crippen molar-refractivity contribution in [2.24, 2.45) is 0 Å². The Hall–Kier alpha value is -1.33. The van der Waals surface area contributed by atoms with Gasteiger partial charge >= 0.3 is 0 Å². The summed E-state index contributed by atoms with van der Waals surface area (Å²) in [5, 5.41) is 2.05. The third-order valence-electron chi connectivity index (χ3n) is 2.80. The maximum Gasteiger partial charge on any atom is 0.226 e. The molecule has 1 amide bonds. The van der Waals surface area contributed by atoms with Gasteiger partial charge in [-0.2, -0.15) is 0 Å². The number of hydrogen-bond acceptors (Lipinski definition) is 3. The van der Waals surface area contributed by atoms with Gasteiger partial charge in [-0.1, -0.05) is 18.2 Å². The van der Waals surface area contributed by atoms with E-state index in [1.165, 1.54) is 0 Å². The highest BCUT2D eigenvalue weighted by Crippen LogP contribution is 2.21. The Labute approximate surface area is 131 Å². The summed E-state index contributed by atoms with van der Waals surface area (Å²) in [6.45, 7) is 1.03. The first kappa shape index (κ1) is 15.1. The number of thiophene rings is 1. The monoisotopic (exact) mass is 353 g/mol. The molecule has 0 saturated carbocycles. The van der Waals surface area contributed by atoms with Gasteiger partial charge < -0.3 is 9.64 Å². The fourth-order valence-corrected chi connectivity index (χ4v) is 2.95. The summed E-state index contributed by atoms with van der Waals surface area (Å²) < 4.78 is 6.61. The van der Waals surface area contributed by atoms with E-state index in [0.717, 1.165) is 15.1 Å². The standard InChI is InChI=1S/C15H16BrNO2S/c1-17(10-12-9-14(16)20-11-12)15(18)7-8-19-13-5-3-2-4-6-13/h2-6,9,11H,7-8,10H2,1H3. The predicted octanol–water partition coefficient (Wildman–Crippen LogP) is 3.94. The van der Waals surface area contributed by atoms with Crippen molar-refractivity contribution in [1.29, 1.82) is 0 Å². The minimum absolute atomic E-state index is 0.0863. The van der Waals surface area contributed by atoms with Crippen molar-refractivity contribution < 1.29 is 9.53 Å². The summed E-state index contributed by atoms with van der Waals surface area (Å²) in [6.07, 6.45) is 0.386. The second kappa shape index (κ2) is 7.45. The highest BCUT2D eigenvalue weighted by Gasteiger charge is 2.10. The van der Waals surface area contributed by atoms with Crippen LogP contribution in [-0.4, -0.2) is 24.5 Å². The van der Waals surface area contributed by atoms with E-state index in [1.54, 1.807) is 16.2 Å². The molecule has 106 valence electrons. The van der Waals surface area contributed by atoms with E-state index in [4.69, 9.17) is 4.74 Å². The summed E-state index contributed by atoms with van der Waals surface area (Å²) in [4.78, 5) is 13.7. The SMILES string of the molecule is CN(Cc1csc(Br)c1)C(=O)CCOc1ccccc1. The van der Waals surface area contributed by atoms with Crippen LogP contribution < -0.4 is 4.74 Å². The van der Waals surface area contributed by atoms with Crippen LogP contribution in [0.2, 0.25) is 0 Å². The predicted molar refractivity (Wildman–Crippen MR) is 85.0 cm³/mol. The first-order valence-corrected chi connectivity index (χ1v) is 7.97. The molecule has 0 aliphatic heterocycles. The molecule has 1 aromatic heterocycles. The average molecular weight is 354 g/mol. The Morgan fingerprint density at radius 2 is 2.10 bits per heavy atom. The molecule has 0 saturated heterocycles. The molecule has 1 heterocycles. The number of carbonyl (C=O) groups is 1. The zero-order chi connectivity index (χ0) is 14.4. The summed E-state index contributed by atoms with van der Waals surface area (Å²) in [5.74, 6) is 0.882. The van der Waals surface area contributed by atoms with Gasteiger partial charge in [0, 0.05) is 13.6 Å². The highest BCUT2D eigenvalue weighted by molar-refractivity contribution is 9.11. The molecule has 0 atom stereocenters. The number of ether oxygens (including phenoxy) is 1. The van der Waals surface area contributed by atoms with E-state index in [2.05, 4.69) is 15.9 Å². The van der Waals surface area contributed by atoms with Crippen molar-refractivity contribution in [2.45, 2.75) is 13.0 Å². The van der Waals surface area contributed by atoms with E-state index < -0.39 is 0 Å². The summed E-state index contributed by atoms with van der Waals surface area (Å²) in [6, 6.07) is 11.6. The van der Waals surface area contributed by atoms with Crippen molar-refractivity contribution in [3.05, 3.63) is 51.1 Å². The van der Waals surface area contributed by atoms with Crippen molar-refractivity contribution in [3.63, 3.8) is 0 Å². The number of rotatable bonds is 6. The first-order chi connectivity index (χ1) is 9.65. The van der Waals surface area contributed by atoms with Crippen molar-refractivity contribution in [2.75, 3.05) is 13.7 Å². The van der Waals surface area contributed by atoms with Crippen molar-refractivity contribution in [1.82, 2.24) is 4.90 Å². The van der Waals surface area contributed by atoms with Gasteiger partial charge in [-0.05, 0) is 45.1 Å². The maximum absolute atomic E-state index is 12.0. The summed E-state index contributed by atoms with van der Waals surface area (Å²) >= 11 is 5.05. The van der Waals surface area contributed by atoms with Crippen LogP contribution >= 0.6 is 27.3 Å². The zero-order valence-corrected chi connectivity index (χ0v) is 13.6. The lowest BCUT2D eigenvalue weighted by Crippen LogP contribution is -2.27. The second-order valence-electron chi connectivity index (χ2n) is 4.42. The number of para-hydroxylation sites is 1. The number of carbonyl (C=O) groups excluding carboxylic acids is 1. The Bertz CT molecular complexity index is 556. The van der Waals surface area contributed by atoms with Crippen LogP contribution in [0, 0.1) is 0 Å². The molecule has 0 bridgehead atoms. The van der Waals surface area contributed by atoms with Crippen LogP contribution in [0.4, 0.5) is 0 Å². The molecule has 0 fully saturated rings. The van der Waals surface area contributed by atoms with Crippen LogP contribution in [0.3, 0.4) is 0 Å². The Morgan fingerprint density at radius 1 is 1.35 bits per heavy atom. The average Bonchev–Trinajstić information content (AvgIpc) is 2.85. The third kappa shape index (κ3) is 4.65. The lowest BCUT2D eigenvalue weighted by molar-refractivity contribution is -0.130. The summed E-state index contributed by atoms with van der Waals surface area (Å²) in [5.41, 5.74) is 1.14. The number of amides is 1. The van der Waals surface area contributed by atoms with Gasteiger partial charge in [0.1, 0.15) is 5.75 Å². The summed E-state index contributed by atoms with van der Waals surface area (Å²) in [7, 11) is 1.82. The van der Waals surface area contributed by atoms with E-state index in [1.807, 2.05) is 48.8 Å². The molecule has 0 unspecified atom stereocenters. The Balaban J connectivity index is 1.74. The van der Waals surface area contributed by atoms with Crippen LogP contribution in [0.5, 0.6) is 5.75 Å². The number of benzene rings is 1. The molecule has 0 N–H and O–H groups in total. The lowest BCUT2D eigenvalue weighted by atomic mass is 10.3. The molecule has 5 heteroatoms.